The number of guanidine groups is 1. The van der Waals surface area contributed by atoms with E-state index in [1.807, 2.05) is 6.07 Å². The molecule has 5 heteroatoms. The number of hydrogen-bond acceptors (Lipinski definition) is 2. The van der Waals surface area contributed by atoms with Gasteiger partial charge in [0.05, 0.1) is 12.1 Å². The molecule has 0 fully saturated rings. The number of methoxy groups -OCH3 is 1. The van der Waals surface area contributed by atoms with E-state index in [-0.39, 0.29) is 0 Å². The molecule has 1 aromatic rings. The summed E-state index contributed by atoms with van der Waals surface area (Å²) in [4.78, 5) is 4.21. The Labute approximate surface area is 107 Å². The van der Waals surface area contributed by atoms with Gasteiger partial charge < -0.3 is 15.8 Å². The van der Waals surface area contributed by atoms with E-state index in [0.29, 0.717) is 29.2 Å². The van der Waals surface area contributed by atoms with Gasteiger partial charge in [0.15, 0.2) is 5.96 Å². The second-order valence-electron chi connectivity index (χ2n) is 4.09. The van der Waals surface area contributed by atoms with Gasteiger partial charge in [-0.15, -0.1) is 0 Å². The molecule has 0 spiro atoms. The summed E-state index contributed by atoms with van der Waals surface area (Å²) in [6, 6.07) is 5.35. The predicted octanol–water partition coefficient (Wildman–Crippen LogP) is 2.73. The molecule has 0 atom stereocenters. The number of halogens is 1. The van der Waals surface area contributed by atoms with Crippen LogP contribution < -0.4 is 15.8 Å². The number of ether oxygens (including phenoxy) is 1. The molecule has 4 nitrogen and oxygen atoms in total. The Balaban J connectivity index is 2.71. The fourth-order valence-electron chi connectivity index (χ4n) is 1.21. The summed E-state index contributed by atoms with van der Waals surface area (Å²) in [7, 11) is 1.57. The quantitative estimate of drug-likeness (QED) is 0.642. The number of hydrogen-bond donors (Lipinski definition) is 2. The smallest absolute Gasteiger partial charge is 0.193 e. The van der Waals surface area contributed by atoms with Crippen LogP contribution in [0.15, 0.2) is 23.2 Å². The molecule has 0 amide bonds. The van der Waals surface area contributed by atoms with E-state index in [2.05, 4.69) is 24.2 Å². The highest BCUT2D eigenvalue weighted by Gasteiger charge is 2.02. The minimum atomic E-state index is 0.392. The standard InChI is InChI=1S/C12H18ClN3O/c1-8(2)7-15-12(14)16-9-4-5-10(13)11(6-9)17-3/h4-6,8H,7H2,1-3H3,(H3,14,15,16). The van der Waals surface area contributed by atoms with Crippen LogP contribution in [0.25, 0.3) is 0 Å². The first-order valence-electron chi connectivity index (χ1n) is 5.43. The van der Waals surface area contributed by atoms with E-state index >= 15 is 0 Å². The third-order valence-corrected chi connectivity index (χ3v) is 2.36. The summed E-state index contributed by atoms with van der Waals surface area (Å²) < 4.78 is 5.11. The molecular formula is C12H18ClN3O. The van der Waals surface area contributed by atoms with Gasteiger partial charge in [0, 0.05) is 18.3 Å². The molecule has 0 bridgehead atoms. The first-order chi connectivity index (χ1) is 8.02. The van der Waals surface area contributed by atoms with Crippen molar-refractivity contribution in [3.63, 3.8) is 0 Å². The van der Waals surface area contributed by atoms with Crippen molar-refractivity contribution in [3.05, 3.63) is 23.2 Å². The number of aliphatic imine (C=N–C) groups is 1. The second kappa shape index (κ2) is 6.35. The lowest BCUT2D eigenvalue weighted by molar-refractivity contribution is 0.415. The number of nitrogens with zero attached hydrogens (tertiary/aromatic N) is 1. The van der Waals surface area contributed by atoms with Crippen molar-refractivity contribution in [1.29, 1.82) is 0 Å². The zero-order valence-corrected chi connectivity index (χ0v) is 11.1. The van der Waals surface area contributed by atoms with E-state index in [1.165, 1.54) is 0 Å². The van der Waals surface area contributed by atoms with Crippen LogP contribution in [-0.2, 0) is 0 Å². The topological polar surface area (TPSA) is 59.6 Å². The maximum atomic E-state index is 5.92. The highest BCUT2D eigenvalue weighted by atomic mass is 35.5. The molecule has 1 rings (SSSR count). The zero-order chi connectivity index (χ0) is 12.8. The second-order valence-corrected chi connectivity index (χ2v) is 4.50. The average Bonchev–Trinajstić information content (AvgIpc) is 2.29. The van der Waals surface area contributed by atoms with Crippen LogP contribution in [0, 0.1) is 5.92 Å². The van der Waals surface area contributed by atoms with Crippen LogP contribution in [0.3, 0.4) is 0 Å². The Morgan fingerprint density at radius 2 is 2.24 bits per heavy atom. The third-order valence-electron chi connectivity index (χ3n) is 2.05. The summed E-state index contributed by atoms with van der Waals surface area (Å²) in [5, 5.41) is 3.55. The van der Waals surface area contributed by atoms with Gasteiger partial charge in [0.25, 0.3) is 0 Å². The van der Waals surface area contributed by atoms with Crippen LogP contribution in [0.1, 0.15) is 13.8 Å². The van der Waals surface area contributed by atoms with Gasteiger partial charge in [0.1, 0.15) is 5.75 Å². The van der Waals surface area contributed by atoms with Crippen LogP contribution in [-0.4, -0.2) is 19.6 Å². The number of nitrogens with two attached hydrogens (primary N) is 1. The Bertz CT molecular complexity index is 405. The van der Waals surface area contributed by atoms with Gasteiger partial charge in [0.2, 0.25) is 0 Å². The molecule has 0 saturated heterocycles. The van der Waals surface area contributed by atoms with Gasteiger partial charge in [-0.3, -0.25) is 4.99 Å². The molecule has 0 unspecified atom stereocenters. The molecule has 0 aliphatic carbocycles. The zero-order valence-electron chi connectivity index (χ0n) is 10.3. The minimum absolute atomic E-state index is 0.392. The lowest BCUT2D eigenvalue weighted by atomic mass is 10.2. The molecule has 0 aromatic heterocycles. The summed E-state index contributed by atoms with van der Waals surface area (Å²) >= 11 is 5.92. The maximum absolute atomic E-state index is 5.92. The fourth-order valence-corrected chi connectivity index (χ4v) is 1.40. The van der Waals surface area contributed by atoms with Crippen molar-refractivity contribution in [2.24, 2.45) is 16.6 Å². The molecule has 17 heavy (non-hydrogen) atoms. The lowest BCUT2D eigenvalue weighted by Crippen LogP contribution is -2.23. The van der Waals surface area contributed by atoms with Gasteiger partial charge >= 0.3 is 0 Å². The number of nitrogens with one attached hydrogen (secondary N) is 1. The Hall–Kier alpha value is -1.42. The Morgan fingerprint density at radius 3 is 2.82 bits per heavy atom. The molecule has 0 aliphatic heterocycles. The minimum Gasteiger partial charge on any atom is -0.495 e. The molecule has 0 radical (unpaired) electrons. The Kier molecular flexibility index (Phi) is 5.10. The number of benzene rings is 1. The summed E-state index contributed by atoms with van der Waals surface area (Å²) in [5.41, 5.74) is 6.55. The van der Waals surface area contributed by atoms with E-state index in [4.69, 9.17) is 22.1 Å². The molecule has 1 aromatic carbocycles. The van der Waals surface area contributed by atoms with Gasteiger partial charge in [-0.1, -0.05) is 25.4 Å². The Morgan fingerprint density at radius 1 is 1.53 bits per heavy atom. The normalized spacial score (nSPS) is 11.7. The van der Waals surface area contributed by atoms with Crippen molar-refractivity contribution < 1.29 is 4.74 Å². The summed E-state index contributed by atoms with van der Waals surface area (Å²) in [6.07, 6.45) is 0. The van der Waals surface area contributed by atoms with Gasteiger partial charge in [-0.25, -0.2) is 0 Å². The summed E-state index contributed by atoms with van der Waals surface area (Å²) in [5.74, 6) is 1.48. The first-order valence-corrected chi connectivity index (χ1v) is 5.81. The average molecular weight is 256 g/mol. The van der Waals surface area contributed by atoms with Crippen LogP contribution in [0.4, 0.5) is 5.69 Å². The van der Waals surface area contributed by atoms with Crippen molar-refractivity contribution in [3.8, 4) is 5.75 Å². The fraction of sp³-hybridized carbons (Fsp3) is 0.417. The summed E-state index contributed by atoms with van der Waals surface area (Å²) in [6.45, 7) is 4.87. The SMILES string of the molecule is COc1cc(NC(N)=NCC(C)C)ccc1Cl. The van der Waals surface area contributed by atoms with Crippen molar-refractivity contribution >= 4 is 23.2 Å². The van der Waals surface area contributed by atoms with Crippen LogP contribution in [0.5, 0.6) is 5.75 Å². The van der Waals surface area contributed by atoms with Crippen LogP contribution >= 0.6 is 11.6 Å². The monoisotopic (exact) mass is 255 g/mol. The van der Waals surface area contributed by atoms with Crippen molar-refractivity contribution in [1.82, 2.24) is 0 Å². The van der Waals surface area contributed by atoms with Gasteiger partial charge in [-0.2, -0.15) is 0 Å². The van der Waals surface area contributed by atoms with E-state index in [0.717, 1.165) is 5.69 Å². The van der Waals surface area contributed by atoms with E-state index in [1.54, 1.807) is 19.2 Å². The highest BCUT2D eigenvalue weighted by Crippen LogP contribution is 2.27. The highest BCUT2D eigenvalue weighted by molar-refractivity contribution is 6.32. The van der Waals surface area contributed by atoms with E-state index in [9.17, 15) is 0 Å². The van der Waals surface area contributed by atoms with Crippen LogP contribution in [0.2, 0.25) is 5.02 Å². The molecule has 0 heterocycles. The molecule has 94 valence electrons. The number of anilines is 1. The third kappa shape index (κ3) is 4.53. The first kappa shape index (κ1) is 13.6. The van der Waals surface area contributed by atoms with Crippen molar-refractivity contribution in [2.75, 3.05) is 19.0 Å². The molecule has 0 aliphatic rings. The van der Waals surface area contributed by atoms with Gasteiger partial charge in [-0.05, 0) is 18.1 Å². The maximum Gasteiger partial charge on any atom is 0.193 e. The molecule has 0 saturated carbocycles. The predicted molar refractivity (Wildman–Crippen MR) is 73.0 cm³/mol. The van der Waals surface area contributed by atoms with Crippen molar-refractivity contribution in [2.45, 2.75) is 13.8 Å². The molecule has 3 N–H and O–H groups in total. The largest absolute Gasteiger partial charge is 0.495 e. The van der Waals surface area contributed by atoms with E-state index < -0.39 is 0 Å². The molecular weight excluding hydrogens is 238 g/mol. The lowest BCUT2D eigenvalue weighted by Gasteiger charge is -2.09. The number of rotatable bonds is 4.